The highest BCUT2D eigenvalue weighted by Crippen LogP contribution is 2.31. The van der Waals surface area contributed by atoms with E-state index in [2.05, 4.69) is 24.4 Å². The molecule has 0 aromatic heterocycles. The number of hydrogen-bond acceptors (Lipinski definition) is 18. The summed E-state index contributed by atoms with van der Waals surface area (Å²) in [6, 6.07) is -3.59. The maximum absolute atomic E-state index is 11.2. The van der Waals surface area contributed by atoms with Crippen molar-refractivity contribution in [3.05, 3.63) is 24.3 Å². The normalized spacial score (nSPS) is 35.1. The number of aliphatic hydroxyl groups excluding tert-OH is 7. The van der Waals surface area contributed by atoms with E-state index in [1.807, 2.05) is 6.08 Å². The Bertz CT molecular complexity index is 1220. The Morgan fingerprint density at radius 2 is 1.03 bits per heavy atom. The number of nitrogens with two attached hydrogens (primary N) is 3. The van der Waals surface area contributed by atoms with E-state index < -0.39 is 118 Å². The number of allylic oxidation sites excluding steroid dienone is 3. The third-order valence-corrected chi connectivity index (χ3v) is 10.4. The molecule has 15 N–H and O–H groups in total. The minimum Gasteiger partial charge on any atom is -0.480 e. The summed E-state index contributed by atoms with van der Waals surface area (Å²) in [4.78, 5) is 21.5. The van der Waals surface area contributed by atoms with E-state index in [9.17, 15) is 45.3 Å². The molecule has 3 saturated heterocycles. The van der Waals surface area contributed by atoms with Crippen LogP contribution in [0.4, 0.5) is 0 Å². The van der Waals surface area contributed by atoms with Gasteiger partial charge in [0.1, 0.15) is 61.5 Å². The predicted octanol–water partition coefficient (Wildman–Crippen LogP) is -2.02. The molecule has 20 nitrogen and oxygen atoms in total. The number of hydrogen-bond donors (Lipinski definition) is 12. The SMILES string of the molecule is CCCCCC/C=C\CCCCCCC/C=C/C(=O)NCC(=O)O.CO[C@@H]1O[C@H](CO)[C@@H](O[C@@H]2O[C@H](CO)[C@@H](O[C@@H]3O[C@H](CO)[C@@H](O)[C@H](O)[C@H]3N)[C@H](O)[C@H]2N)[C@H](O)[C@H]1N. The number of ether oxygens (including phenoxy) is 6. The molecule has 344 valence electrons. The zero-order chi connectivity index (χ0) is 43.9. The lowest BCUT2D eigenvalue weighted by Crippen LogP contribution is -2.69. The van der Waals surface area contributed by atoms with Crippen molar-refractivity contribution in [2.24, 2.45) is 17.2 Å². The van der Waals surface area contributed by atoms with Gasteiger partial charge in [-0.1, -0.05) is 63.7 Å². The van der Waals surface area contributed by atoms with Gasteiger partial charge in [-0.05, 0) is 44.6 Å². The Hall–Kier alpha value is -2.22. The van der Waals surface area contributed by atoms with Crippen LogP contribution in [0.2, 0.25) is 0 Å². The molecule has 0 unspecified atom stereocenters. The molecule has 0 aliphatic carbocycles. The lowest BCUT2D eigenvalue weighted by atomic mass is 9.94. The molecule has 0 aromatic carbocycles. The fourth-order valence-electron chi connectivity index (χ4n) is 6.77. The summed E-state index contributed by atoms with van der Waals surface area (Å²) in [7, 11) is 1.32. The lowest BCUT2D eigenvalue weighted by Gasteiger charge is -2.48. The van der Waals surface area contributed by atoms with Crippen molar-refractivity contribution in [3.63, 3.8) is 0 Å². The zero-order valence-corrected chi connectivity index (χ0v) is 34.4. The number of carbonyl (C=O) groups excluding carboxylic acids is 1. The van der Waals surface area contributed by atoms with E-state index >= 15 is 0 Å². The summed E-state index contributed by atoms with van der Waals surface area (Å²) >= 11 is 0. The first-order valence-corrected chi connectivity index (χ1v) is 20.7. The summed E-state index contributed by atoms with van der Waals surface area (Å²) < 4.78 is 33.1. The lowest BCUT2D eigenvalue weighted by molar-refractivity contribution is -0.349. The Morgan fingerprint density at radius 3 is 1.51 bits per heavy atom. The molecule has 3 aliphatic rings. The Morgan fingerprint density at radius 1 is 0.610 bits per heavy atom. The van der Waals surface area contributed by atoms with Crippen LogP contribution in [0.25, 0.3) is 0 Å². The standard InChI is InChI=1S/C20H35NO3.C19H37N3O13/c1-2-3-4-5-6-7-8-9-10-11-12-13-14-15-16-17-19(22)21-18-20(23)24;1-30-17-9(21)13(28)15(6(3-24)32-17)35-19-10(22)14(29)16(7(4-25)33-19)34-18-8(20)12(27)11(26)5(2-23)31-18/h7-8,16-17H,2-6,9-15,18H2,1H3,(H,21,22)(H,23,24);5-19,23-29H,2-4,20-22H2,1H3/b8-7-,17-16+;/t;5-,6-,7-,8-,9-,10-,11-,12-,13-,14-,15-,16-,17-,18+,19+/m.1/s1. The fourth-order valence-corrected chi connectivity index (χ4v) is 6.77. The molecular formula is C39H72N4O16. The highest BCUT2D eigenvalue weighted by Gasteiger charge is 2.52. The predicted molar refractivity (Wildman–Crippen MR) is 212 cm³/mol. The van der Waals surface area contributed by atoms with Crippen molar-refractivity contribution in [1.82, 2.24) is 5.32 Å². The van der Waals surface area contributed by atoms with Gasteiger partial charge in [-0.25, -0.2) is 0 Å². The second-order valence-corrected chi connectivity index (χ2v) is 15.0. The number of amides is 1. The summed E-state index contributed by atoms with van der Waals surface area (Å²) in [5.41, 5.74) is 17.9. The fraction of sp³-hybridized carbons (Fsp3) is 0.846. The number of aliphatic hydroxyl groups is 7. The van der Waals surface area contributed by atoms with E-state index in [1.54, 1.807) is 0 Å². The monoisotopic (exact) mass is 852 g/mol. The van der Waals surface area contributed by atoms with Crippen molar-refractivity contribution >= 4 is 11.9 Å². The van der Waals surface area contributed by atoms with Gasteiger partial charge in [0.2, 0.25) is 5.91 Å². The largest absolute Gasteiger partial charge is 0.480 e. The van der Waals surface area contributed by atoms with Gasteiger partial charge in [0.05, 0.1) is 37.9 Å². The van der Waals surface area contributed by atoms with Crippen LogP contribution in [0.5, 0.6) is 0 Å². The van der Waals surface area contributed by atoms with Gasteiger partial charge in [0.15, 0.2) is 18.9 Å². The van der Waals surface area contributed by atoms with Gasteiger partial charge in [0.25, 0.3) is 0 Å². The molecule has 0 aromatic rings. The van der Waals surface area contributed by atoms with Gasteiger partial charge in [0, 0.05) is 7.11 Å². The molecule has 1 amide bonds. The molecule has 3 rings (SSSR count). The minimum atomic E-state index is -1.53. The van der Waals surface area contributed by atoms with Crippen LogP contribution >= 0.6 is 0 Å². The highest BCUT2D eigenvalue weighted by molar-refractivity contribution is 5.89. The molecule has 0 radical (unpaired) electrons. The summed E-state index contributed by atoms with van der Waals surface area (Å²) in [6.07, 6.45) is 6.82. The van der Waals surface area contributed by atoms with Crippen molar-refractivity contribution in [2.45, 2.75) is 176 Å². The molecular weight excluding hydrogens is 780 g/mol. The van der Waals surface area contributed by atoms with Crippen LogP contribution in [0.3, 0.4) is 0 Å². The van der Waals surface area contributed by atoms with Gasteiger partial charge >= 0.3 is 5.97 Å². The molecule has 0 spiro atoms. The molecule has 0 bridgehead atoms. The first-order chi connectivity index (χ1) is 28.2. The number of carboxylic acid groups (broad SMARTS) is 1. The summed E-state index contributed by atoms with van der Waals surface area (Å²) in [5, 5.41) is 81.2. The van der Waals surface area contributed by atoms with E-state index in [0.717, 1.165) is 12.8 Å². The van der Waals surface area contributed by atoms with Crippen molar-refractivity contribution in [1.29, 1.82) is 0 Å². The molecule has 59 heavy (non-hydrogen) atoms. The van der Waals surface area contributed by atoms with Gasteiger partial charge in [-0.3, -0.25) is 9.59 Å². The molecule has 20 heteroatoms. The van der Waals surface area contributed by atoms with Crippen LogP contribution in [-0.4, -0.2) is 178 Å². The second-order valence-electron chi connectivity index (χ2n) is 15.0. The first-order valence-electron chi connectivity index (χ1n) is 20.7. The first kappa shape index (κ1) is 52.9. The molecule has 0 saturated carbocycles. The minimum absolute atomic E-state index is 0.323. The van der Waals surface area contributed by atoms with E-state index in [1.165, 1.54) is 77.4 Å². The maximum Gasteiger partial charge on any atom is 0.322 e. The van der Waals surface area contributed by atoms with Crippen LogP contribution in [0.1, 0.15) is 84.0 Å². The number of carboxylic acids is 1. The average Bonchev–Trinajstić information content (AvgIpc) is 3.23. The van der Waals surface area contributed by atoms with Crippen molar-refractivity contribution in [2.75, 3.05) is 33.5 Å². The average molecular weight is 853 g/mol. The summed E-state index contributed by atoms with van der Waals surface area (Å²) in [6.45, 7) is 0.0351. The molecule has 3 fully saturated rings. The Labute approximate surface area is 346 Å². The Balaban J connectivity index is 0.000000440. The topological polar surface area (TPSA) is 341 Å². The highest BCUT2D eigenvalue weighted by atomic mass is 16.7. The maximum atomic E-state index is 11.2. The third kappa shape index (κ3) is 17.6. The number of unbranched alkanes of at least 4 members (excludes halogenated alkanes) is 10. The van der Waals surface area contributed by atoms with Gasteiger partial charge < -0.3 is 91.8 Å². The van der Waals surface area contributed by atoms with Crippen LogP contribution < -0.4 is 22.5 Å². The van der Waals surface area contributed by atoms with Crippen LogP contribution in [0, 0.1) is 0 Å². The zero-order valence-electron chi connectivity index (χ0n) is 34.4. The summed E-state index contributed by atoms with van der Waals surface area (Å²) in [5.74, 6) is -1.36. The number of carbonyl (C=O) groups is 2. The smallest absolute Gasteiger partial charge is 0.322 e. The van der Waals surface area contributed by atoms with E-state index in [0.29, 0.717) is 0 Å². The second kappa shape index (κ2) is 29.1. The molecule has 15 atom stereocenters. The number of aliphatic carboxylic acids is 1. The number of nitrogens with one attached hydrogen (secondary N) is 1. The Kier molecular flexibility index (Phi) is 26.1. The van der Waals surface area contributed by atoms with Crippen molar-refractivity contribution < 1.29 is 78.9 Å². The number of methoxy groups -OCH3 is 1. The van der Waals surface area contributed by atoms with Crippen molar-refractivity contribution in [3.8, 4) is 0 Å². The van der Waals surface area contributed by atoms with Crippen LogP contribution in [0.15, 0.2) is 24.3 Å². The van der Waals surface area contributed by atoms with Gasteiger partial charge in [-0.15, -0.1) is 0 Å². The molecule has 3 aliphatic heterocycles. The quantitative estimate of drug-likeness (QED) is 0.0283. The van der Waals surface area contributed by atoms with E-state index in [4.69, 9.17) is 50.7 Å². The third-order valence-electron chi connectivity index (χ3n) is 10.4. The molecule has 3 heterocycles. The van der Waals surface area contributed by atoms with E-state index in [-0.39, 0.29) is 12.5 Å². The number of rotatable bonds is 24. The van der Waals surface area contributed by atoms with Gasteiger partial charge in [-0.2, -0.15) is 0 Å². The van der Waals surface area contributed by atoms with Crippen LogP contribution in [-0.2, 0) is 38.0 Å².